The first-order valence-electron chi connectivity index (χ1n) is 9.62. The molecule has 1 aromatic heterocycles. The number of halogens is 1. The van der Waals surface area contributed by atoms with Crippen LogP contribution in [0.3, 0.4) is 0 Å². The molecule has 6 nitrogen and oxygen atoms in total. The molecule has 1 aliphatic carbocycles. The third kappa shape index (κ3) is 4.52. The minimum atomic E-state index is -0.142. The molecule has 1 aromatic carbocycles. The predicted molar refractivity (Wildman–Crippen MR) is 112 cm³/mol. The van der Waals surface area contributed by atoms with E-state index in [1.165, 1.54) is 48.4 Å². The summed E-state index contributed by atoms with van der Waals surface area (Å²) in [7, 11) is 1.64. The Labute approximate surface area is 168 Å². The van der Waals surface area contributed by atoms with E-state index in [-0.39, 0.29) is 5.56 Å². The number of nitrogens with zero attached hydrogens (tertiary/aromatic N) is 4. The van der Waals surface area contributed by atoms with Crippen molar-refractivity contribution < 1.29 is 0 Å². The Morgan fingerprint density at radius 3 is 2.52 bits per heavy atom. The van der Waals surface area contributed by atoms with Crippen LogP contribution in [0.2, 0.25) is 0 Å². The Hall–Kier alpha value is -1.86. The molecule has 1 saturated carbocycles. The maximum Gasteiger partial charge on any atom is 0.282 e. The summed E-state index contributed by atoms with van der Waals surface area (Å²) >= 11 is 3.35. The highest BCUT2D eigenvalue weighted by molar-refractivity contribution is 9.10. The largest absolute Gasteiger partial charge is 0.379 e. The first kappa shape index (κ1) is 18.5. The number of aryl methyl sites for hydroxylation is 1. The first-order valence-corrected chi connectivity index (χ1v) is 10.4. The fraction of sp³-hybridized carbons (Fsp3) is 0.500. The molecule has 1 N–H and O–H groups in total. The molecular formula is C20H26BrN5O. The van der Waals surface area contributed by atoms with E-state index in [1.807, 2.05) is 0 Å². The van der Waals surface area contributed by atoms with Gasteiger partial charge in [-0.1, -0.05) is 12.1 Å². The van der Waals surface area contributed by atoms with E-state index >= 15 is 0 Å². The van der Waals surface area contributed by atoms with Gasteiger partial charge < -0.3 is 10.2 Å². The smallest absolute Gasteiger partial charge is 0.282 e. The van der Waals surface area contributed by atoms with Crippen molar-refractivity contribution in [3.63, 3.8) is 0 Å². The molecule has 1 saturated heterocycles. The fourth-order valence-electron chi connectivity index (χ4n) is 3.51. The molecule has 27 heavy (non-hydrogen) atoms. The molecule has 0 atom stereocenters. The van der Waals surface area contributed by atoms with E-state index in [9.17, 15) is 4.79 Å². The molecule has 2 aromatic rings. The van der Waals surface area contributed by atoms with Crippen molar-refractivity contribution in [2.45, 2.75) is 19.4 Å². The Bertz CT molecular complexity index is 838. The van der Waals surface area contributed by atoms with Crippen molar-refractivity contribution in [1.82, 2.24) is 14.7 Å². The van der Waals surface area contributed by atoms with Gasteiger partial charge in [-0.2, -0.15) is 5.10 Å². The summed E-state index contributed by atoms with van der Waals surface area (Å²) in [6.45, 7) is 6.51. The molecule has 0 amide bonds. The van der Waals surface area contributed by atoms with Crippen LogP contribution in [0.5, 0.6) is 0 Å². The lowest BCUT2D eigenvalue weighted by atomic mass is 10.1. The molecule has 1 aliphatic heterocycles. The van der Waals surface area contributed by atoms with Crippen LogP contribution in [0.15, 0.2) is 39.7 Å². The number of anilines is 2. The topological polar surface area (TPSA) is 53.4 Å². The van der Waals surface area contributed by atoms with Crippen LogP contribution in [-0.2, 0) is 13.6 Å². The van der Waals surface area contributed by atoms with Gasteiger partial charge in [0.1, 0.15) is 4.47 Å². The average molecular weight is 432 g/mol. The van der Waals surface area contributed by atoms with Gasteiger partial charge in [-0.3, -0.25) is 9.69 Å². The number of nitrogens with one attached hydrogen (secondary N) is 1. The van der Waals surface area contributed by atoms with Gasteiger partial charge in [0.2, 0.25) is 0 Å². The third-order valence-corrected chi connectivity index (χ3v) is 6.21. The van der Waals surface area contributed by atoms with Crippen molar-refractivity contribution in [2.75, 3.05) is 42.9 Å². The summed E-state index contributed by atoms with van der Waals surface area (Å²) in [5.41, 5.74) is 3.05. The maximum atomic E-state index is 11.9. The number of aromatic nitrogens is 2. The highest BCUT2D eigenvalue weighted by atomic mass is 79.9. The number of piperazine rings is 1. The van der Waals surface area contributed by atoms with Crippen LogP contribution in [0.1, 0.15) is 18.4 Å². The Balaban J connectivity index is 1.31. The normalized spacial score (nSPS) is 17.9. The summed E-state index contributed by atoms with van der Waals surface area (Å²) in [5, 5.41) is 7.34. The quantitative estimate of drug-likeness (QED) is 0.761. The van der Waals surface area contributed by atoms with Gasteiger partial charge in [0.05, 0.1) is 11.9 Å². The molecule has 7 heteroatoms. The van der Waals surface area contributed by atoms with Gasteiger partial charge in [0.15, 0.2) is 0 Å². The average Bonchev–Trinajstić information content (AvgIpc) is 3.51. The lowest BCUT2D eigenvalue weighted by molar-refractivity contribution is 0.248. The van der Waals surface area contributed by atoms with Crippen LogP contribution in [-0.4, -0.2) is 47.4 Å². The highest BCUT2D eigenvalue weighted by Gasteiger charge is 2.26. The fourth-order valence-corrected chi connectivity index (χ4v) is 4.01. The van der Waals surface area contributed by atoms with Gasteiger partial charge in [0, 0.05) is 52.0 Å². The summed E-state index contributed by atoms with van der Waals surface area (Å²) in [5.74, 6) is 0.975. The summed E-state index contributed by atoms with van der Waals surface area (Å²) in [4.78, 5) is 17.0. The molecule has 0 bridgehead atoms. The molecular weight excluding hydrogens is 406 g/mol. The number of hydrogen-bond acceptors (Lipinski definition) is 5. The number of hydrogen-bond donors (Lipinski definition) is 1. The molecule has 2 fully saturated rings. The summed E-state index contributed by atoms with van der Waals surface area (Å²) in [6.07, 6.45) is 4.53. The van der Waals surface area contributed by atoms with Crippen LogP contribution in [0, 0.1) is 5.92 Å². The zero-order chi connectivity index (χ0) is 18.8. The standard InChI is InChI=1S/C20H26BrN5O/c1-24-20(27)19(21)18(13-23-24)22-12-15-4-6-17(7-5-15)26-10-8-25(9-11-26)14-16-2-3-16/h4-7,13,16,22H,2-3,8-12,14H2,1H3. The number of benzene rings is 1. The van der Waals surface area contributed by atoms with Crippen molar-refractivity contribution in [2.24, 2.45) is 13.0 Å². The third-order valence-electron chi connectivity index (χ3n) is 5.45. The second-order valence-electron chi connectivity index (χ2n) is 7.55. The van der Waals surface area contributed by atoms with Gasteiger partial charge in [-0.05, 0) is 52.4 Å². The van der Waals surface area contributed by atoms with Crippen molar-refractivity contribution >= 4 is 27.3 Å². The molecule has 2 heterocycles. The molecule has 144 valence electrons. The second kappa shape index (κ2) is 8.02. The van der Waals surface area contributed by atoms with Crippen LogP contribution >= 0.6 is 15.9 Å². The van der Waals surface area contributed by atoms with E-state index < -0.39 is 0 Å². The van der Waals surface area contributed by atoms with Gasteiger partial charge in [-0.15, -0.1) is 0 Å². The minimum Gasteiger partial charge on any atom is -0.379 e. The Kier molecular flexibility index (Phi) is 5.50. The summed E-state index contributed by atoms with van der Waals surface area (Å²) < 4.78 is 1.83. The van der Waals surface area contributed by atoms with Crippen molar-refractivity contribution in [3.05, 3.63) is 50.9 Å². The van der Waals surface area contributed by atoms with Gasteiger partial charge in [0.25, 0.3) is 5.56 Å². The lowest BCUT2D eigenvalue weighted by Crippen LogP contribution is -2.47. The number of rotatable bonds is 6. The van der Waals surface area contributed by atoms with Crippen molar-refractivity contribution in [1.29, 1.82) is 0 Å². The zero-order valence-electron chi connectivity index (χ0n) is 15.7. The molecule has 0 radical (unpaired) electrons. The maximum absolute atomic E-state index is 11.9. The first-order chi connectivity index (χ1) is 13.1. The highest BCUT2D eigenvalue weighted by Crippen LogP contribution is 2.30. The molecule has 0 spiro atoms. The minimum absolute atomic E-state index is 0.142. The lowest BCUT2D eigenvalue weighted by Gasteiger charge is -2.36. The van der Waals surface area contributed by atoms with E-state index in [2.05, 4.69) is 60.4 Å². The van der Waals surface area contributed by atoms with Crippen LogP contribution in [0.25, 0.3) is 0 Å². The van der Waals surface area contributed by atoms with Crippen LogP contribution in [0.4, 0.5) is 11.4 Å². The van der Waals surface area contributed by atoms with E-state index in [1.54, 1.807) is 13.2 Å². The van der Waals surface area contributed by atoms with Crippen molar-refractivity contribution in [3.8, 4) is 0 Å². The molecule has 0 unspecified atom stereocenters. The predicted octanol–water partition coefficient (Wildman–Crippen LogP) is 2.69. The Morgan fingerprint density at radius 2 is 1.85 bits per heavy atom. The van der Waals surface area contributed by atoms with Gasteiger partial charge in [-0.25, -0.2) is 4.68 Å². The monoisotopic (exact) mass is 431 g/mol. The Morgan fingerprint density at radius 1 is 1.15 bits per heavy atom. The van der Waals surface area contributed by atoms with E-state index in [0.717, 1.165) is 19.0 Å². The van der Waals surface area contributed by atoms with E-state index in [0.29, 0.717) is 16.7 Å². The summed E-state index contributed by atoms with van der Waals surface area (Å²) in [6, 6.07) is 8.71. The van der Waals surface area contributed by atoms with Crippen LogP contribution < -0.4 is 15.8 Å². The SMILES string of the molecule is Cn1ncc(NCc2ccc(N3CCN(CC4CC4)CC3)cc2)c(Br)c1=O. The second-order valence-corrected chi connectivity index (χ2v) is 8.35. The van der Waals surface area contributed by atoms with Gasteiger partial charge >= 0.3 is 0 Å². The molecule has 4 rings (SSSR count). The molecule has 2 aliphatic rings. The zero-order valence-corrected chi connectivity index (χ0v) is 17.3. The van der Waals surface area contributed by atoms with E-state index in [4.69, 9.17) is 0 Å².